The average Bonchev–Trinajstić information content (AvgIpc) is 2.69. The minimum absolute atomic E-state index is 0.102. The van der Waals surface area contributed by atoms with E-state index in [-0.39, 0.29) is 5.43 Å². The van der Waals surface area contributed by atoms with Crippen molar-refractivity contribution in [3.8, 4) is 0 Å². The molecule has 0 aliphatic heterocycles. The fourth-order valence-electron chi connectivity index (χ4n) is 3.09. The summed E-state index contributed by atoms with van der Waals surface area (Å²) in [5, 5.41) is 6.69. The number of rotatable bonds is 4. The van der Waals surface area contributed by atoms with Gasteiger partial charge in [-0.2, -0.15) is 5.10 Å². The Hall–Kier alpha value is -3.60. The minimum Gasteiger partial charge on any atom is -0.440 e. The number of nitrogens with zero attached hydrogens (tertiary/aromatic N) is 2. The first-order chi connectivity index (χ1) is 13.1. The van der Waals surface area contributed by atoms with Gasteiger partial charge in [0.2, 0.25) is 11.3 Å². The zero-order valence-electron chi connectivity index (χ0n) is 15.1. The van der Waals surface area contributed by atoms with Crippen LogP contribution in [-0.4, -0.2) is 20.3 Å². The summed E-state index contributed by atoms with van der Waals surface area (Å²) >= 11 is 0. The lowest BCUT2D eigenvalue weighted by Crippen LogP contribution is -2.19. The fraction of sp³-hybridized carbons (Fsp3) is 0.0909. The maximum atomic E-state index is 13.3. The summed E-state index contributed by atoms with van der Waals surface area (Å²) < 4.78 is 6.05. The van der Waals surface area contributed by atoms with Crippen molar-refractivity contribution < 1.29 is 4.42 Å². The van der Waals surface area contributed by atoms with Gasteiger partial charge >= 0.3 is 0 Å². The molecule has 27 heavy (non-hydrogen) atoms. The SMILES string of the molecule is CN(C)c1oc2ccc3ccccc3c2c(=O)c1/C=N/Nc1ccccc1. The van der Waals surface area contributed by atoms with Crippen LogP contribution in [0.3, 0.4) is 0 Å². The molecule has 0 unspecified atom stereocenters. The van der Waals surface area contributed by atoms with E-state index in [2.05, 4.69) is 10.5 Å². The first-order valence-corrected chi connectivity index (χ1v) is 8.65. The number of para-hydroxylation sites is 1. The molecule has 5 heteroatoms. The van der Waals surface area contributed by atoms with E-state index in [0.717, 1.165) is 16.5 Å². The van der Waals surface area contributed by atoms with E-state index in [9.17, 15) is 4.79 Å². The number of benzene rings is 3. The Labute approximate surface area is 156 Å². The third-order valence-electron chi connectivity index (χ3n) is 4.37. The van der Waals surface area contributed by atoms with E-state index >= 15 is 0 Å². The second-order valence-corrected chi connectivity index (χ2v) is 6.44. The van der Waals surface area contributed by atoms with E-state index in [4.69, 9.17) is 4.42 Å². The summed E-state index contributed by atoms with van der Waals surface area (Å²) in [5.74, 6) is 0.474. The zero-order valence-corrected chi connectivity index (χ0v) is 15.1. The van der Waals surface area contributed by atoms with Gasteiger partial charge < -0.3 is 9.32 Å². The standard InChI is InChI=1S/C22H19N3O2/c1-25(2)22-18(14-23-24-16-9-4-3-5-10-16)21(26)20-17-11-7-6-8-15(17)12-13-19(20)27-22/h3-14,24H,1-2H3/b23-14+. The second-order valence-electron chi connectivity index (χ2n) is 6.44. The monoisotopic (exact) mass is 357 g/mol. The van der Waals surface area contributed by atoms with Crippen LogP contribution in [-0.2, 0) is 0 Å². The van der Waals surface area contributed by atoms with Crippen LogP contribution >= 0.6 is 0 Å². The Morgan fingerprint density at radius 3 is 2.48 bits per heavy atom. The molecule has 0 atom stereocenters. The molecule has 0 amide bonds. The first-order valence-electron chi connectivity index (χ1n) is 8.65. The maximum Gasteiger partial charge on any atom is 0.208 e. The fourth-order valence-corrected chi connectivity index (χ4v) is 3.09. The summed E-state index contributed by atoms with van der Waals surface area (Å²) in [6.07, 6.45) is 1.52. The van der Waals surface area contributed by atoms with Gasteiger partial charge in [0, 0.05) is 14.1 Å². The maximum absolute atomic E-state index is 13.3. The molecule has 0 aliphatic rings. The number of anilines is 2. The molecule has 4 aromatic rings. The molecule has 0 saturated heterocycles. The summed E-state index contributed by atoms with van der Waals surface area (Å²) in [6.45, 7) is 0. The molecular formula is C22H19N3O2. The third kappa shape index (κ3) is 3.15. The van der Waals surface area contributed by atoms with Crippen molar-refractivity contribution in [2.45, 2.75) is 0 Å². The smallest absolute Gasteiger partial charge is 0.208 e. The van der Waals surface area contributed by atoms with Crippen LogP contribution in [0.4, 0.5) is 11.6 Å². The molecule has 4 rings (SSSR count). The number of hydrazone groups is 1. The van der Waals surface area contributed by atoms with Gasteiger partial charge in [0.15, 0.2) is 0 Å². The number of nitrogens with one attached hydrogen (secondary N) is 1. The van der Waals surface area contributed by atoms with Gasteiger partial charge in [-0.15, -0.1) is 0 Å². The normalized spacial score (nSPS) is 11.3. The van der Waals surface area contributed by atoms with Crippen LogP contribution < -0.4 is 15.8 Å². The molecule has 0 bridgehead atoms. The average molecular weight is 357 g/mol. The molecule has 0 fully saturated rings. The van der Waals surface area contributed by atoms with Gasteiger partial charge in [0.1, 0.15) is 11.1 Å². The van der Waals surface area contributed by atoms with Gasteiger partial charge in [-0.1, -0.05) is 48.5 Å². The van der Waals surface area contributed by atoms with Crippen molar-refractivity contribution in [2.75, 3.05) is 24.4 Å². The molecular weight excluding hydrogens is 338 g/mol. The number of hydrogen-bond donors (Lipinski definition) is 1. The van der Waals surface area contributed by atoms with Gasteiger partial charge in [0.25, 0.3) is 0 Å². The van der Waals surface area contributed by atoms with Crippen molar-refractivity contribution in [2.24, 2.45) is 5.10 Å². The Bertz CT molecular complexity index is 1190. The lowest BCUT2D eigenvalue weighted by atomic mass is 10.0. The molecule has 0 radical (unpaired) electrons. The lowest BCUT2D eigenvalue weighted by molar-refractivity contribution is 0.597. The third-order valence-corrected chi connectivity index (χ3v) is 4.37. The van der Waals surface area contributed by atoms with Gasteiger partial charge in [-0.3, -0.25) is 10.2 Å². The molecule has 3 aromatic carbocycles. The van der Waals surface area contributed by atoms with E-state index in [1.807, 2.05) is 80.8 Å². The molecule has 5 nitrogen and oxygen atoms in total. The highest BCUT2D eigenvalue weighted by molar-refractivity contribution is 6.07. The Morgan fingerprint density at radius 2 is 1.70 bits per heavy atom. The number of hydrogen-bond acceptors (Lipinski definition) is 5. The predicted octanol–water partition coefficient (Wildman–Crippen LogP) is 4.46. The highest BCUT2D eigenvalue weighted by Gasteiger charge is 2.16. The van der Waals surface area contributed by atoms with Crippen molar-refractivity contribution in [1.29, 1.82) is 0 Å². The van der Waals surface area contributed by atoms with E-state index in [1.165, 1.54) is 6.21 Å². The highest BCUT2D eigenvalue weighted by Crippen LogP contribution is 2.27. The predicted molar refractivity (Wildman–Crippen MR) is 112 cm³/mol. The Kier molecular flexibility index (Phi) is 4.34. The van der Waals surface area contributed by atoms with Crippen molar-refractivity contribution in [3.63, 3.8) is 0 Å². The second kappa shape index (κ2) is 6.96. The lowest BCUT2D eigenvalue weighted by Gasteiger charge is -2.15. The van der Waals surface area contributed by atoms with E-state index < -0.39 is 0 Å². The van der Waals surface area contributed by atoms with Gasteiger partial charge in [0.05, 0.1) is 17.3 Å². The Balaban J connectivity index is 1.89. The van der Waals surface area contributed by atoms with Crippen LogP contribution in [0.2, 0.25) is 0 Å². The van der Waals surface area contributed by atoms with E-state index in [0.29, 0.717) is 22.4 Å². The highest BCUT2D eigenvalue weighted by atomic mass is 16.4. The van der Waals surface area contributed by atoms with Crippen LogP contribution in [0.5, 0.6) is 0 Å². The molecule has 134 valence electrons. The zero-order chi connectivity index (χ0) is 18.8. The molecule has 1 heterocycles. The first kappa shape index (κ1) is 16.8. The molecule has 1 aromatic heterocycles. The molecule has 1 N–H and O–H groups in total. The van der Waals surface area contributed by atoms with Crippen LogP contribution in [0.1, 0.15) is 5.56 Å². The van der Waals surface area contributed by atoms with Crippen molar-refractivity contribution >= 4 is 39.5 Å². The van der Waals surface area contributed by atoms with Crippen LogP contribution in [0.15, 0.2) is 81.0 Å². The number of fused-ring (bicyclic) bond motifs is 3. The summed E-state index contributed by atoms with van der Waals surface area (Å²) in [4.78, 5) is 15.1. The summed E-state index contributed by atoms with van der Waals surface area (Å²) in [7, 11) is 3.68. The topological polar surface area (TPSA) is 57.8 Å². The quantitative estimate of drug-likeness (QED) is 0.333. The molecule has 0 spiro atoms. The molecule has 0 aliphatic carbocycles. The van der Waals surface area contributed by atoms with Gasteiger partial charge in [-0.25, -0.2) is 0 Å². The van der Waals surface area contributed by atoms with Crippen LogP contribution in [0, 0.1) is 0 Å². The Morgan fingerprint density at radius 1 is 0.963 bits per heavy atom. The summed E-state index contributed by atoms with van der Waals surface area (Å²) in [5.41, 5.74) is 4.66. The van der Waals surface area contributed by atoms with Crippen molar-refractivity contribution in [3.05, 3.63) is 82.5 Å². The minimum atomic E-state index is -0.102. The van der Waals surface area contributed by atoms with Crippen LogP contribution in [0.25, 0.3) is 21.7 Å². The summed E-state index contributed by atoms with van der Waals surface area (Å²) in [6, 6.07) is 21.2. The van der Waals surface area contributed by atoms with E-state index in [1.54, 1.807) is 4.90 Å². The van der Waals surface area contributed by atoms with Gasteiger partial charge in [-0.05, 0) is 29.0 Å². The van der Waals surface area contributed by atoms with Crippen molar-refractivity contribution in [1.82, 2.24) is 0 Å². The largest absolute Gasteiger partial charge is 0.440 e. The molecule has 0 saturated carbocycles.